The number of esters is 1. The Labute approximate surface area is 164 Å². The third kappa shape index (κ3) is 5.37. The number of methoxy groups -OCH3 is 2. The highest BCUT2D eigenvalue weighted by Gasteiger charge is 2.16. The van der Waals surface area contributed by atoms with Crippen molar-refractivity contribution in [2.45, 2.75) is 0 Å². The van der Waals surface area contributed by atoms with Gasteiger partial charge in [0.15, 0.2) is 13.2 Å². The second-order valence-corrected chi connectivity index (χ2v) is 6.30. The van der Waals surface area contributed by atoms with E-state index < -0.39 is 18.4 Å². The van der Waals surface area contributed by atoms with E-state index >= 15 is 0 Å². The molecule has 0 bridgehead atoms. The van der Waals surface area contributed by atoms with E-state index in [-0.39, 0.29) is 6.61 Å². The van der Waals surface area contributed by atoms with Crippen molar-refractivity contribution >= 4 is 39.3 Å². The van der Waals surface area contributed by atoms with Gasteiger partial charge in [0.2, 0.25) is 5.78 Å². The SMILES string of the molecule is COc1ccc(C(=O)COC(=O)COc2ccc(Cl)cc2Br)c(OC)c1. The summed E-state index contributed by atoms with van der Waals surface area (Å²) in [5.41, 5.74) is 0.294. The summed E-state index contributed by atoms with van der Waals surface area (Å²) in [5, 5.41) is 0.533. The fourth-order valence-corrected chi connectivity index (χ4v) is 2.82. The molecule has 0 aromatic heterocycles. The van der Waals surface area contributed by atoms with Crippen molar-refractivity contribution in [2.24, 2.45) is 0 Å². The maximum Gasteiger partial charge on any atom is 0.344 e. The first-order valence-corrected chi connectivity index (χ1v) is 8.60. The fourth-order valence-electron chi connectivity index (χ4n) is 2.02. The summed E-state index contributed by atoms with van der Waals surface area (Å²) in [6.45, 7) is -0.764. The van der Waals surface area contributed by atoms with E-state index in [4.69, 9.17) is 30.5 Å². The zero-order valence-electron chi connectivity index (χ0n) is 14.1. The summed E-state index contributed by atoms with van der Waals surface area (Å²) in [7, 11) is 2.95. The lowest BCUT2D eigenvalue weighted by Crippen LogP contribution is -2.20. The molecule has 0 aliphatic carbocycles. The first-order valence-electron chi connectivity index (χ1n) is 7.43. The quantitative estimate of drug-likeness (QED) is 0.455. The minimum Gasteiger partial charge on any atom is -0.497 e. The average Bonchev–Trinajstić information content (AvgIpc) is 2.64. The number of ether oxygens (including phenoxy) is 4. The van der Waals surface area contributed by atoms with E-state index in [0.29, 0.717) is 32.3 Å². The fraction of sp³-hybridized carbons (Fsp3) is 0.222. The van der Waals surface area contributed by atoms with Crippen LogP contribution in [0.15, 0.2) is 40.9 Å². The molecule has 0 fully saturated rings. The minimum atomic E-state index is -0.673. The molecule has 0 aliphatic rings. The number of hydrogen-bond acceptors (Lipinski definition) is 6. The molecule has 0 N–H and O–H groups in total. The van der Waals surface area contributed by atoms with Crippen LogP contribution in [0.5, 0.6) is 17.2 Å². The average molecular weight is 444 g/mol. The number of benzene rings is 2. The molecule has 0 amide bonds. The summed E-state index contributed by atoms with van der Waals surface area (Å²) in [6, 6.07) is 9.64. The lowest BCUT2D eigenvalue weighted by Gasteiger charge is -2.11. The van der Waals surface area contributed by atoms with Gasteiger partial charge in [-0.3, -0.25) is 4.79 Å². The van der Waals surface area contributed by atoms with Crippen molar-refractivity contribution in [3.05, 3.63) is 51.5 Å². The van der Waals surface area contributed by atoms with Crippen LogP contribution < -0.4 is 14.2 Å². The molecule has 2 aromatic rings. The van der Waals surface area contributed by atoms with Crippen LogP contribution in [0, 0.1) is 0 Å². The first kappa shape index (κ1) is 20.1. The Morgan fingerprint density at radius 3 is 2.42 bits per heavy atom. The van der Waals surface area contributed by atoms with Crippen molar-refractivity contribution in [3.63, 3.8) is 0 Å². The molecule has 2 aromatic carbocycles. The molecule has 0 atom stereocenters. The second-order valence-electron chi connectivity index (χ2n) is 5.01. The van der Waals surface area contributed by atoms with E-state index in [1.165, 1.54) is 14.2 Å². The molecule has 26 heavy (non-hydrogen) atoms. The van der Waals surface area contributed by atoms with Crippen LogP contribution in [0.2, 0.25) is 5.02 Å². The Morgan fingerprint density at radius 2 is 1.77 bits per heavy atom. The van der Waals surface area contributed by atoms with Gasteiger partial charge in [-0.1, -0.05) is 11.6 Å². The van der Waals surface area contributed by atoms with E-state index in [9.17, 15) is 9.59 Å². The lowest BCUT2D eigenvalue weighted by molar-refractivity contribution is -0.144. The van der Waals surface area contributed by atoms with E-state index in [1.54, 1.807) is 36.4 Å². The molecule has 0 unspecified atom stereocenters. The number of rotatable bonds is 8. The van der Waals surface area contributed by atoms with Crippen molar-refractivity contribution in [1.82, 2.24) is 0 Å². The number of Topliss-reactive ketones (excluding diaryl/α,β-unsaturated/α-hetero) is 1. The third-order valence-electron chi connectivity index (χ3n) is 3.31. The minimum absolute atomic E-state index is 0.294. The number of carbonyl (C=O) groups excluding carboxylic acids is 2. The van der Waals surface area contributed by atoms with Crippen LogP contribution in [0.25, 0.3) is 0 Å². The normalized spacial score (nSPS) is 10.2. The van der Waals surface area contributed by atoms with E-state index in [0.717, 1.165) is 0 Å². The Kier molecular flexibility index (Phi) is 7.29. The van der Waals surface area contributed by atoms with Crippen molar-refractivity contribution in [1.29, 1.82) is 0 Å². The maximum atomic E-state index is 12.2. The van der Waals surface area contributed by atoms with Gasteiger partial charge in [-0.15, -0.1) is 0 Å². The van der Waals surface area contributed by atoms with Crippen LogP contribution >= 0.6 is 27.5 Å². The van der Waals surface area contributed by atoms with Crippen LogP contribution in [0.4, 0.5) is 0 Å². The molecule has 6 nitrogen and oxygen atoms in total. The standard InChI is InChI=1S/C18H16BrClO6/c1-23-12-4-5-13(17(8-12)24-2)15(21)9-26-18(22)10-25-16-6-3-11(20)7-14(16)19/h3-8H,9-10H2,1-2H3. The van der Waals surface area contributed by atoms with Gasteiger partial charge in [-0.05, 0) is 46.3 Å². The molecule has 8 heteroatoms. The zero-order chi connectivity index (χ0) is 19.1. The third-order valence-corrected chi connectivity index (χ3v) is 4.17. The molecule has 0 saturated carbocycles. The predicted octanol–water partition coefficient (Wildman–Crippen LogP) is 3.92. The van der Waals surface area contributed by atoms with Crippen molar-refractivity contribution < 1.29 is 28.5 Å². The van der Waals surface area contributed by atoms with Crippen molar-refractivity contribution in [2.75, 3.05) is 27.4 Å². The maximum absolute atomic E-state index is 12.2. The number of carbonyl (C=O) groups is 2. The summed E-state index contributed by atoms with van der Waals surface area (Å²) < 4.78 is 21.1. The smallest absolute Gasteiger partial charge is 0.344 e. The first-order chi connectivity index (χ1) is 12.4. The topological polar surface area (TPSA) is 71.1 Å². The van der Waals surface area contributed by atoms with E-state index in [2.05, 4.69) is 15.9 Å². The summed E-state index contributed by atoms with van der Waals surface area (Å²) >= 11 is 9.11. The summed E-state index contributed by atoms with van der Waals surface area (Å²) in [4.78, 5) is 24.0. The van der Waals surface area contributed by atoms with Gasteiger partial charge in [-0.25, -0.2) is 4.79 Å². The van der Waals surface area contributed by atoms with Gasteiger partial charge in [-0.2, -0.15) is 0 Å². The van der Waals surface area contributed by atoms with Gasteiger partial charge in [0.25, 0.3) is 0 Å². The largest absolute Gasteiger partial charge is 0.497 e. The Hall–Kier alpha value is -2.25. The van der Waals surface area contributed by atoms with Gasteiger partial charge in [0.1, 0.15) is 17.2 Å². The second kappa shape index (κ2) is 9.45. The number of hydrogen-bond donors (Lipinski definition) is 0. The molecular formula is C18H16BrClO6. The molecular weight excluding hydrogens is 428 g/mol. The molecule has 0 radical (unpaired) electrons. The highest BCUT2D eigenvalue weighted by Crippen LogP contribution is 2.28. The molecule has 0 saturated heterocycles. The zero-order valence-corrected chi connectivity index (χ0v) is 16.4. The Morgan fingerprint density at radius 1 is 1.00 bits per heavy atom. The predicted molar refractivity (Wildman–Crippen MR) is 99.5 cm³/mol. The molecule has 2 rings (SSSR count). The molecule has 138 valence electrons. The highest BCUT2D eigenvalue weighted by atomic mass is 79.9. The lowest BCUT2D eigenvalue weighted by atomic mass is 10.1. The summed E-state index contributed by atoms with van der Waals surface area (Å²) in [5.74, 6) is 0.261. The Bertz CT molecular complexity index is 808. The van der Waals surface area contributed by atoms with Gasteiger partial charge < -0.3 is 18.9 Å². The van der Waals surface area contributed by atoms with Gasteiger partial charge >= 0.3 is 5.97 Å². The number of halogens is 2. The molecule has 0 heterocycles. The number of ketones is 1. The van der Waals surface area contributed by atoms with Crippen LogP contribution in [-0.4, -0.2) is 39.2 Å². The van der Waals surface area contributed by atoms with Crippen molar-refractivity contribution in [3.8, 4) is 17.2 Å². The van der Waals surface area contributed by atoms with E-state index in [1.807, 2.05) is 0 Å². The van der Waals surface area contributed by atoms with Gasteiger partial charge in [0.05, 0.1) is 24.3 Å². The van der Waals surface area contributed by atoms with Crippen LogP contribution in [-0.2, 0) is 9.53 Å². The summed E-state index contributed by atoms with van der Waals surface area (Å²) in [6.07, 6.45) is 0. The monoisotopic (exact) mass is 442 g/mol. The molecule has 0 spiro atoms. The highest BCUT2D eigenvalue weighted by molar-refractivity contribution is 9.10. The van der Waals surface area contributed by atoms with Gasteiger partial charge in [0, 0.05) is 11.1 Å². The molecule has 0 aliphatic heterocycles. The Balaban J connectivity index is 1.89. The van der Waals surface area contributed by atoms with Crippen LogP contribution in [0.1, 0.15) is 10.4 Å². The van der Waals surface area contributed by atoms with Crippen LogP contribution in [0.3, 0.4) is 0 Å².